The highest BCUT2D eigenvalue weighted by Crippen LogP contribution is 2.35. The smallest absolute Gasteiger partial charge is 0.407 e. The van der Waals surface area contributed by atoms with E-state index in [-0.39, 0.29) is 24.4 Å². The van der Waals surface area contributed by atoms with Crippen molar-refractivity contribution in [2.45, 2.75) is 78.4 Å². The van der Waals surface area contributed by atoms with E-state index in [1.165, 1.54) is 10.5 Å². The normalized spacial score (nSPS) is 15.8. The predicted octanol–water partition coefficient (Wildman–Crippen LogP) is 6.29. The molecule has 0 fully saturated rings. The minimum absolute atomic E-state index is 0.0250. The van der Waals surface area contributed by atoms with Gasteiger partial charge in [0.25, 0.3) is 11.8 Å². The molecule has 1 atom stereocenters. The average molecular weight is 629 g/mol. The Hall–Kier alpha value is -4.11. The molecular formula is C37H48N4O5. The molecule has 2 aliphatic heterocycles. The van der Waals surface area contributed by atoms with Gasteiger partial charge >= 0.3 is 6.09 Å². The topological polar surface area (TPSA) is 95.3 Å². The van der Waals surface area contributed by atoms with Crippen LogP contribution in [0.15, 0.2) is 42.5 Å². The lowest BCUT2D eigenvalue weighted by atomic mass is 9.89. The van der Waals surface area contributed by atoms with Crippen LogP contribution < -0.4 is 0 Å². The molecule has 0 bridgehead atoms. The Labute approximate surface area is 272 Å². The fourth-order valence-electron chi connectivity index (χ4n) is 6.84. The van der Waals surface area contributed by atoms with Crippen molar-refractivity contribution < 1.29 is 24.2 Å². The number of carbonyl (C=O) groups excluding carboxylic acids is 2. The maximum atomic E-state index is 14.7. The number of carbonyl (C=O) groups is 3. The number of hydrogen-bond acceptors (Lipinski definition) is 4. The van der Waals surface area contributed by atoms with Crippen LogP contribution >= 0.6 is 0 Å². The first-order valence-electron chi connectivity index (χ1n) is 16.6. The Kier molecular flexibility index (Phi) is 10.5. The van der Waals surface area contributed by atoms with Gasteiger partial charge in [0.15, 0.2) is 0 Å². The summed E-state index contributed by atoms with van der Waals surface area (Å²) in [5, 5.41) is 9.74. The zero-order valence-corrected chi connectivity index (χ0v) is 28.0. The molecular weight excluding hydrogens is 580 g/mol. The quantitative estimate of drug-likeness (QED) is 0.269. The van der Waals surface area contributed by atoms with E-state index in [9.17, 15) is 19.5 Å². The SMILES string of the molecule is CCCCN(CCCC)C(=O)c1cc(-c2cc3c(cc2C(=O)N2Cc4ccccc4C[C@H]2COC)CN(C(=O)O)CC3)n(C)c1C. The summed E-state index contributed by atoms with van der Waals surface area (Å²) in [6.45, 7) is 9.17. The van der Waals surface area contributed by atoms with Gasteiger partial charge in [0.1, 0.15) is 0 Å². The van der Waals surface area contributed by atoms with Gasteiger partial charge in [0.2, 0.25) is 0 Å². The van der Waals surface area contributed by atoms with Crippen LogP contribution in [-0.2, 0) is 37.7 Å². The molecule has 0 unspecified atom stereocenters. The van der Waals surface area contributed by atoms with Crippen LogP contribution in [0.4, 0.5) is 4.79 Å². The predicted molar refractivity (Wildman–Crippen MR) is 179 cm³/mol. The van der Waals surface area contributed by atoms with Crippen LogP contribution in [0.3, 0.4) is 0 Å². The van der Waals surface area contributed by atoms with Gasteiger partial charge in [-0.05, 0) is 73.1 Å². The molecule has 46 heavy (non-hydrogen) atoms. The largest absolute Gasteiger partial charge is 0.465 e. The number of methoxy groups -OCH3 is 1. The molecule has 0 saturated carbocycles. The van der Waals surface area contributed by atoms with E-state index in [4.69, 9.17) is 4.74 Å². The Morgan fingerprint density at radius 1 is 0.935 bits per heavy atom. The Morgan fingerprint density at radius 2 is 1.63 bits per heavy atom. The lowest BCUT2D eigenvalue weighted by molar-refractivity contribution is 0.0477. The van der Waals surface area contributed by atoms with Crippen LogP contribution in [0.1, 0.15) is 88.2 Å². The summed E-state index contributed by atoms with van der Waals surface area (Å²) >= 11 is 0. The second kappa shape index (κ2) is 14.5. The van der Waals surface area contributed by atoms with E-state index in [1.54, 1.807) is 7.11 Å². The molecule has 2 aliphatic rings. The molecule has 3 amide bonds. The Balaban J connectivity index is 1.61. The van der Waals surface area contributed by atoms with Crippen molar-refractivity contribution in [3.63, 3.8) is 0 Å². The molecule has 0 saturated heterocycles. The van der Waals surface area contributed by atoms with Crippen LogP contribution in [0.25, 0.3) is 11.3 Å². The second-order valence-corrected chi connectivity index (χ2v) is 12.7. The lowest BCUT2D eigenvalue weighted by Crippen LogP contribution is -2.47. The van der Waals surface area contributed by atoms with Crippen LogP contribution in [0.5, 0.6) is 0 Å². The van der Waals surface area contributed by atoms with Gasteiger partial charge in [-0.15, -0.1) is 0 Å². The Bertz CT molecular complexity index is 1590. The molecule has 0 radical (unpaired) electrons. The minimum atomic E-state index is -0.965. The molecule has 1 aromatic heterocycles. The van der Waals surface area contributed by atoms with Crippen molar-refractivity contribution in [3.8, 4) is 11.3 Å². The van der Waals surface area contributed by atoms with E-state index in [0.29, 0.717) is 43.7 Å². The summed E-state index contributed by atoms with van der Waals surface area (Å²) in [5.74, 6) is -0.0990. The summed E-state index contributed by atoms with van der Waals surface area (Å²) < 4.78 is 7.61. The minimum Gasteiger partial charge on any atom is -0.465 e. The number of aromatic nitrogens is 1. The number of hydrogen-bond donors (Lipinski definition) is 1. The summed E-state index contributed by atoms with van der Waals surface area (Å²) in [6.07, 6.45) is 4.21. The molecule has 246 valence electrons. The van der Waals surface area contributed by atoms with Crippen LogP contribution in [0, 0.1) is 6.92 Å². The number of benzene rings is 2. The van der Waals surface area contributed by atoms with E-state index in [0.717, 1.165) is 72.4 Å². The molecule has 3 heterocycles. The van der Waals surface area contributed by atoms with Crippen molar-refractivity contribution in [1.82, 2.24) is 19.3 Å². The Morgan fingerprint density at radius 3 is 2.28 bits per heavy atom. The fourth-order valence-corrected chi connectivity index (χ4v) is 6.84. The number of nitrogens with zero attached hydrogens (tertiary/aromatic N) is 4. The van der Waals surface area contributed by atoms with Gasteiger partial charge in [-0.25, -0.2) is 4.79 Å². The highest BCUT2D eigenvalue weighted by atomic mass is 16.5. The van der Waals surface area contributed by atoms with Gasteiger partial charge in [-0.3, -0.25) is 9.59 Å². The first-order chi connectivity index (χ1) is 22.2. The molecule has 9 nitrogen and oxygen atoms in total. The lowest BCUT2D eigenvalue weighted by Gasteiger charge is -2.37. The zero-order valence-electron chi connectivity index (χ0n) is 28.0. The van der Waals surface area contributed by atoms with Crippen LogP contribution in [-0.4, -0.2) is 81.7 Å². The molecule has 9 heteroatoms. The highest BCUT2D eigenvalue weighted by Gasteiger charge is 2.34. The van der Waals surface area contributed by atoms with E-state index < -0.39 is 6.09 Å². The van der Waals surface area contributed by atoms with Gasteiger partial charge in [0, 0.05) is 69.4 Å². The molecule has 5 rings (SSSR count). The maximum absolute atomic E-state index is 14.7. The van der Waals surface area contributed by atoms with E-state index in [1.807, 2.05) is 52.6 Å². The van der Waals surface area contributed by atoms with E-state index in [2.05, 4.69) is 32.0 Å². The molecule has 1 N–H and O–H groups in total. The standard InChI is InChI=1S/C37H48N4O5/c1-6-8-15-39(16-9-7-2)35(42)31-21-34(38(4)25(31)3)32-19-27-14-17-40(37(44)45)22-29(27)20-33(32)36(43)41-23-28-13-11-10-12-26(28)18-30(41)24-46-5/h10-13,19-21,30H,6-9,14-18,22-24H2,1-5H3,(H,44,45)/t30-/m0/s1. The highest BCUT2D eigenvalue weighted by molar-refractivity contribution is 6.03. The molecule has 0 aliphatic carbocycles. The zero-order chi connectivity index (χ0) is 33.0. The molecule has 3 aromatic rings. The number of carboxylic acid groups (broad SMARTS) is 1. The third kappa shape index (κ3) is 6.70. The molecule has 2 aromatic carbocycles. The van der Waals surface area contributed by atoms with Crippen molar-refractivity contribution in [3.05, 3.63) is 81.5 Å². The summed E-state index contributed by atoms with van der Waals surface area (Å²) in [7, 11) is 3.61. The number of fused-ring (bicyclic) bond motifs is 2. The first kappa shape index (κ1) is 33.3. The number of rotatable bonds is 11. The second-order valence-electron chi connectivity index (χ2n) is 12.7. The summed E-state index contributed by atoms with van der Waals surface area (Å²) in [6, 6.07) is 14.0. The van der Waals surface area contributed by atoms with E-state index >= 15 is 0 Å². The van der Waals surface area contributed by atoms with Crippen molar-refractivity contribution in [2.24, 2.45) is 7.05 Å². The maximum Gasteiger partial charge on any atom is 0.407 e. The van der Waals surface area contributed by atoms with Gasteiger partial charge in [-0.1, -0.05) is 51.0 Å². The first-order valence-corrected chi connectivity index (χ1v) is 16.6. The van der Waals surface area contributed by atoms with Gasteiger partial charge in [-0.2, -0.15) is 0 Å². The third-order valence-electron chi connectivity index (χ3n) is 9.72. The number of unbranched alkanes of at least 4 members (excludes halogenated alkanes) is 2. The fraction of sp³-hybridized carbons (Fsp3) is 0.486. The summed E-state index contributed by atoms with van der Waals surface area (Å²) in [4.78, 5) is 45.8. The van der Waals surface area contributed by atoms with Crippen molar-refractivity contribution >= 4 is 17.9 Å². The van der Waals surface area contributed by atoms with Crippen LogP contribution in [0.2, 0.25) is 0 Å². The summed E-state index contributed by atoms with van der Waals surface area (Å²) in [5.41, 5.74) is 7.79. The molecule has 0 spiro atoms. The van der Waals surface area contributed by atoms with Crippen molar-refractivity contribution in [2.75, 3.05) is 33.4 Å². The average Bonchev–Trinajstić information content (AvgIpc) is 3.36. The monoisotopic (exact) mass is 628 g/mol. The van der Waals surface area contributed by atoms with Gasteiger partial charge < -0.3 is 29.1 Å². The van der Waals surface area contributed by atoms with Gasteiger partial charge in [0.05, 0.1) is 18.2 Å². The number of ether oxygens (including phenoxy) is 1. The third-order valence-corrected chi connectivity index (χ3v) is 9.72. The number of amides is 3. The van der Waals surface area contributed by atoms with Crippen molar-refractivity contribution in [1.29, 1.82) is 0 Å².